The van der Waals surface area contributed by atoms with Crippen molar-refractivity contribution < 1.29 is 18.7 Å². The van der Waals surface area contributed by atoms with Crippen molar-refractivity contribution in [1.29, 1.82) is 0 Å². The van der Waals surface area contributed by atoms with E-state index in [2.05, 4.69) is 0 Å². The molecule has 1 fully saturated rings. The molecular weight excluding hydrogens is 240 g/mol. The number of carboxylic acids is 1. The molecule has 3 nitrogen and oxygen atoms in total. The average Bonchev–Trinajstić information content (AvgIpc) is 2.50. The molecule has 0 aliphatic carbocycles. The quantitative estimate of drug-likeness (QED) is 0.883. The lowest BCUT2D eigenvalue weighted by Crippen LogP contribution is -2.25. The van der Waals surface area contributed by atoms with Crippen molar-refractivity contribution in [1.82, 2.24) is 0 Å². The fourth-order valence-electron chi connectivity index (χ4n) is 2.14. The maximum atomic E-state index is 13.2. The second-order valence-electron chi connectivity index (χ2n) is 4.55. The molecule has 0 bridgehead atoms. The topological polar surface area (TPSA) is 40.5 Å². The van der Waals surface area contributed by atoms with E-state index >= 15 is 0 Å². The Kier molecular flexibility index (Phi) is 3.50. The highest BCUT2D eigenvalue weighted by atomic mass is 19.3. The minimum absolute atomic E-state index is 0.0727. The van der Waals surface area contributed by atoms with Crippen molar-refractivity contribution in [2.24, 2.45) is 0 Å². The number of aromatic carboxylic acids is 1. The number of rotatable bonds is 2. The third-order valence-electron chi connectivity index (χ3n) is 3.20. The van der Waals surface area contributed by atoms with E-state index in [1.807, 2.05) is 4.90 Å². The first-order chi connectivity index (χ1) is 8.48. The van der Waals surface area contributed by atoms with E-state index in [4.69, 9.17) is 5.11 Å². The summed E-state index contributed by atoms with van der Waals surface area (Å²) in [5, 5.41) is 8.79. The van der Waals surface area contributed by atoms with Crippen molar-refractivity contribution in [2.75, 3.05) is 18.0 Å². The Balaban J connectivity index is 2.09. The van der Waals surface area contributed by atoms with E-state index in [1.165, 1.54) is 12.1 Å². The zero-order valence-corrected chi connectivity index (χ0v) is 9.90. The van der Waals surface area contributed by atoms with E-state index in [-0.39, 0.29) is 18.4 Å². The van der Waals surface area contributed by atoms with Gasteiger partial charge in [-0.3, -0.25) is 0 Å². The molecule has 0 saturated carbocycles. The Morgan fingerprint density at radius 1 is 1.17 bits per heavy atom. The number of anilines is 1. The van der Waals surface area contributed by atoms with Crippen LogP contribution in [0.3, 0.4) is 0 Å². The normalized spacial score (nSPS) is 19.3. The third kappa shape index (κ3) is 2.97. The van der Waals surface area contributed by atoms with Crippen LogP contribution in [-0.4, -0.2) is 30.1 Å². The first kappa shape index (κ1) is 12.8. The summed E-state index contributed by atoms with van der Waals surface area (Å²) in [7, 11) is 0. The van der Waals surface area contributed by atoms with E-state index < -0.39 is 11.9 Å². The van der Waals surface area contributed by atoms with E-state index in [0.717, 1.165) is 5.69 Å². The monoisotopic (exact) mass is 255 g/mol. The van der Waals surface area contributed by atoms with Gasteiger partial charge in [0.05, 0.1) is 5.56 Å². The van der Waals surface area contributed by atoms with Gasteiger partial charge in [-0.2, -0.15) is 0 Å². The molecular formula is C13H15F2NO2. The SMILES string of the molecule is O=C(O)c1ccc(N2CCCC(F)(F)CC2)cc1. The molecule has 2 rings (SSSR count). The summed E-state index contributed by atoms with van der Waals surface area (Å²) in [6, 6.07) is 6.35. The maximum absolute atomic E-state index is 13.2. The highest BCUT2D eigenvalue weighted by Crippen LogP contribution is 2.29. The number of alkyl halides is 2. The van der Waals surface area contributed by atoms with Gasteiger partial charge >= 0.3 is 5.97 Å². The standard InChI is InChI=1S/C13H15F2NO2/c14-13(15)6-1-8-16(9-7-13)11-4-2-10(3-5-11)12(17)18/h2-5H,1,6-9H2,(H,17,18). The van der Waals surface area contributed by atoms with Gasteiger partial charge in [0, 0.05) is 31.6 Å². The number of nitrogens with zero attached hydrogens (tertiary/aromatic N) is 1. The predicted molar refractivity (Wildman–Crippen MR) is 64.4 cm³/mol. The van der Waals surface area contributed by atoms with Gasteiger partial charge in [-0.15, -0.1) is 0 Å². The van der Waals surface area contributed by atoms with Crippen LogP contribution in [0.1, 0.15) is 29.6 Å². The molecule has 1 heterocycles. The van der Waals surface area contributed by atoms with Crippen molar-refractivity contribution in [3.05, 3.63) is 29.8 Å². The molecule has 1 aromatic carbocycles. The fourth-order valence-corrected chi connectivity index (χ4v) is 2.14. The fraction of sp³-hybridized carbons (Fsp3) is 0.462. The third-order valence-corrected chi connectivity index (χ3v) is 3.20. The van der Waals surface area contributed by atoms with E-state index in [1.54, 1.807) is 12.1 Å². The number of hydrogen-bond acceptors (Lipinski definition) is 2. The zero-order valence-electron chi connectivity index (χ0n) is 9.90. The summed E-state index contributed by atoms with van der Waals surface area (Å²) in [5.41, 5.74) is 1.01. The first-order valence-electron chi connectivity index (χ1n) is 5.94. The summed E-state index contributed by atoms with van der Waals surface area (Å²) in [5.74, 6) is -3.56. The number of benzene rings is 1. The summed E-state index contributed by atoms with van der Waals surface area (Å²) < 4.78 is 26.4. The predicted octanol–water partition coefficient (Wildman–Crippen LogP) is 3.01. The molecule has 0 radical (unpaired) electrons. The van der Waals surface area contributed by atoms with E-state index in [9.17, 15) is 13.6 Å². The molecule has 18 heavy (non-hydrogen) atoms. The number of carbonyl (C=O) groups is 1. The second-order valence-corrected chi connectivity index (χ2v) is 4.55. The maximum Gasteiger partial charge on any atom is 0.335 e. The van der Waals surface area contributed by atoms with Gasteiger partial charge in [0.2, 0.25) is 5.92 Å². The number of carboxylic acid groups (broad SMARTS) is 1. The average molecular weight is 255 g/mol. The van der Waals surface area contributed by atoms with Crippen LogP contribution in [0.25, 0.3) is 0 Å². The van der Waals surface area contributed by atoms with Crippen LogP contribution < -0.4 is 4.90 Å². The van der Waals surface area contributed by atoms with Gasteiger partial charge in [0.25, 0.3) is 0 Å². The minimum Gasteiger partial charge on any atom is -0.478 e. The lowest BCUT2D eigenvalue weighted by atomic mass is 10.1. The van der Waals surface area contributed by atoms with Gasteiger partial charge in [-0.1, -0.05) is 0 Å². The van der Waals surface area contributed by atoms with Crippen LogP contribution >= 0.6 is 0 Å². The highest BCUT2D eigenvalue weighted by molar-refractivity contribution is 5.88. The van der Waals surface area contributed by atoms with Gasteiger partial charge < -0.3 is 10.0 Å². The van der Waals surface area contributed by atoms with Crippen molar-refractivity contribution in [3.8, 4) is 0 Å². The largest absolute Gasteiger partial charge is 0.478 e. The first-order valence-corrected chi connectivity index (χ1v) is 5.94. The Hall–Kier alpha value is -1.65. The van der Waals surface area contributed by atoms with Crippen LogP contribution in [0.2, 0.25) is 0 Å². The smallest absolute Gasteiger partial charge is 0.335 e. The molecule has 0 unspecified atom stereocenters. The van der Waals surface area contributed by atoms with Crippen molar-refractivity contribution in [3.63, 3.8) is 0 Å². The van der Waals surface area contributed by atoms with Gasteiger partial charge in [0.1, 0.15) is 0 Å². The van der Waals surface area contributed by atoms with Crippen molar-refractivity contribution >= 4 is 11.7 Å². The number of hydrogen-bond donors (Lipinski definition) is 1. The van der Waals surface area contributed by atoms with Crippen LogP contribution in [0, 0.1) is 0 Å². The molecule has 1 aliphatic heterocycles. The Bertz CT molecular complexity index is 431. The van der Waals surface area contributed by atoms with Gasteiger partial charge in [-0.05, 0) is 30.7 Å². The molecule has 98 valence electrons. The molecule has 0 aromatic heterocycles. The molecule has 0 atom stereocenters. The molecule has 1 N–H and O–H groups in total. The van der Waals surface area contributed by atoms with E-state index in [0.29, 0.717) is 19.5 Å². The molecule has 1 aromatic rings. The lowest BCUT2D eigenvalue weighted by molar-refractivity contribution is -0.0102. The van der Waals surface area contributed by atoms with Crippen LogP contribution in [-0.2, 0) is 0 Å². The zero-order chi connectivity index (χ0) is 13.2. The summed E-state index contributed by atoms with van der Waals surface area (Å²) in [4.78, 5) is 12.6. The van der Waals surface area contributed by atoms with Crippen LogP contribution in [0.15, 0.2) is 24.3 Å². The molecule has 5 heteroatoms. The lowest BCUT2D eigenvalue weighted by Gasteiger charge is -2.22. The Labute approximate surface area is 104 Å². The summed E-state index contributed by atoms with van der Waals surface area (Å²) in [6.45, 7) is 0.890. The van der Waals surface area contributed by atoms with Gasteiger partial charge in [0.15, 0.2) is 0 Å². The Morgan fingerprint density at radius 3 is 2.44 bits per heavy atom. The molecule has 0 amide bonds. The van der Waals surface area contributed by atoms with Crippen molar-refractivity contribution in [2.45, 2.75) is 25.2 Å². The van der Waals surface area contributed by atoms with Crippen LogP contribution in [0.4, 0.5) is 14.5 Å². The van der Waals surface area contributed by atoms with Gasteiger partial charge in [-0.25, -0.2) is 13.6 Å². The minimum atomic E-state index is -2.57. The summed E-state index contributed by atoms with van der Waals surface area (Å²) in [6.07, 6.45) is 0.234. The summed E-state index contributed by atoms with van der Waals surface area (Å²) >= 11 is 0. The van der Waals surface area contributed by atoms with Crippen LogP contribution in [0.5, 0.6) is 0 Å². The second kappa shape index (κ2) is 4.92. The Morgan fingerprint density at radius 2 is 1.83 bits per heavy atom. The molecule has 1 aliphatic rings. The molecule has 1 saturated heterocycles. The molecule has 0 spiro atoms. The highest BCUT2D eigenvalue weighted by Gasteiger charge is 2.31. The number of halogens is 2.